The topological polar surface area (TPSA) is 78.6 Å². The second kappa shape index (κ2) is 6.52. The van der Waals surface area contributed by atoms with Gasteiger partial charge in [-0.3, -0.25) is 4.79 Å². The highest BCUT2D eigenvalue weighted by molar-refractivity contribution is 5.89. The second-order valence-electron chi connectivity index (χ2n) is 5.44. The van der Waals surface area contributed by atoms with Crippen LogP contribution in [0.1, 0.15) is 42.6 Å². The van der Waals surface area contributed by atoms with Gasteiger partial charge in [0.1, 0.15) is 5.60 Å². The minimum atomic E-state index is -0.559. The molecule has 0 saturated carbocycles. The third-order valence-electron chi connectivity index (χ3n) is 2.66. The predicted octanol–water partition coefficient (Wildman–Crippen LogP) is 1.86. The Bertz CT molecular complexity index is 474. The third kappa shape index (κ3) is 4.35. The van der Waals surface area contributed by atoms with Crippen LogP contribution in [0.15, 0.2) is 24.3 Å². The van der Waals surface area contributed by atoms with E-state index < -0.39 is 17.5 Å². The Hall–Kier alpha value is -1.88. The summed E-state index contributed by atoms with van der Waals surface area (Å²) in [5.74, 6) is -1.33. The average Bonchev–Trinajstić information content (AvgIpc) is 2.37. The van der Waals surface area contributed by atoms with Crippen LogP contribution >= 0.6 is 0 Å². The molecule has 0 amide bonds. The van der Waals surface area contributed by atoms with Crippen molar-refractivity contribution >= 4 is 11.9 Å². The van der Waals surface area contributed by atoms with E-state index in [2.05, 4.69) is 4.74 Å². The fraction of sp³-hybridized carbons (Fsp3) is 0.467. The number of esters is 2. The van der Waals surface area contributed by atoms with Gasteiger partial charge >= 0.3 is 11.9 Å². The molecule has 110 valence electrons. The minimum Gasteiger partial charge on any atom is -0.465 e. The van der Waals surface area contributed by atoms with Crippen LogP contribution in [0.2, 0.25) is 0 Å². The quantitative estimate of drug-likeness (QED) is 0.851. The molecule has 0 bridgehead atoms. The molecule has 5 heteroatoms. The van der Waals surface area contributed by atoms with Crippen molar-refractivity contribution < 1.29 is 19.1 Å². The number of ether oxygens (including phenoxy) is 2. The zero-order valence-electron chi connectivity index (χ0n) is 12.3. The van der Waals surface area contributed by atoms with Crippen LogP contribution in [-0.4, -0.2) is 31.2 Å². The third-order valence-corrected chi connectivity index (χ3v) is 2.66. The molecule has 20 heavy (non-hydrogen) atoms. The molecule has 5 nitrogen and oxygen atoms in total. The molecule has 1 atom stereocenters. The first-order chi connectivity index (χ1) is 9.28. The summed E-state index contributed by atoms with van der Waals surface area (Å²) in [5, 5.41) is 0. The average molecular weight is 279 g/mol. The summed E-state index contributed by atoms with van der Waals surface area (Å²) in [6, 6.07) is 6.59. The lowest BCUT2D eigenvalue weighted by Gasteiger charge is -2.23. The summed E-state index contributed by atoms with van der Waals surface area (Å²) in [5.41, 5.74) is 6.24. The Morgan fingerprint density at radius 3 is 2.15 bits per heavy atom. The van der Waals surface area contributed by atoms with Gasteiger partial charge in [-0.05, 0) is 38.5 Å². The van der Waals surface area contributed by atoms with E-state index >= 15 is 0 Å². The van der Waals surface area contributed by atoms with Crippen molar-refractivity contribution in [3.63, 3.8) is 0 Å². The Morgan fingerprint density at radius 2 is 1.75 bits per heavy atom. The van der Waals surface area contributed by atoms with Gasteiger partial charge in [0.2, 0.25) is 0 Å². The van der Waals surface area contributed by atoms with Crippen LogP contribution in [0.5, 0.6) is 0 Å². The first kappa shape index (κ1) is 16.2. The number of carbonyl (C=O) groups is 2. The molecule has 0 saturated heterocycles. The lowest BCUT2D eigenvalue weighted by Crippen LogP contribution is -2.31. The first-order valence-corrected chi connectivity index (χ1v) is 6.39. The smallest absolute Gasteiger partial charge is 0.337 e. The van der Waals surface area contributed by atoms with Crippen molar-refractivity contribution in [2.24, 2.45) is 5.73 Å². The van der Waals surface area contributed by atoms with E-state index in [1.54, 1.807) is 45.0 Å². The Labute approximate surface area is 119 Å². The molecular formula is C15H21NO4. The van der Waals surface area contributed by atoms with Crippen molar-refractivity contribution in [3.05, 3.63) is 35.4 Å². The van der Waals surface area contributed by atoms with Gasteiger partial charge in [0.15, 0.2) is 0 Å². The lowest BCUT2D eigenvalue weighted by molar-refractivity contribution is -0.156. The van der Waals surface area contributed by atoms with Crippen LogP contribution < -0.4 is 5.73 Å². The standard InChI is InChI=1S/C15H21NO4/c1-15(2,3)20-14(18)12(9-16)10-5-7-11(8-6-10)13(17)19-4/h5-8,12H,9,16H2,1-4H3/t12-/m1/s1. The largest absolute Gasteiger partial charge is 0.465 e. The van der Waals surface area contributed by atoms with Crippen molar-refractivity contribution in [1.29, 1.82) is 0 Å². The molecule has 0 aliphatic carbocycles. The van der Waals surface area contributed by atoms with E-state index in [0.29, 0.717) is 5.56 Å². The van der Waals surface area contributed by atoms with Crippen molar-refractivity contribution in [1.82, 2.24) is 0 Å². The summed E-state index contributed by atoms with van der Waals surface area (Å²) in [6.45, 7) is 5.56. The molecule has 0 spiro atoms. The molecule has 0 radical (unpaired) electrons. The highest BCUT2D eigenvalue weighted by Crippen LogP contribution is 2.20. The fourth-order valence-corrected chi connectivity index (χ4v) is 1.71. The van der Waals surface area contributed by atoms with E-state index in [9.17, 15) is 9.59 Å². The monoisotopic (exact) mass is 279 g/mol. The van der Waals surface area contributed by atoms with Crippen LogP contribution in [0.4, 0.5) is 0 Å². The number of hydrogen-bond donors (Lipinski definition) is 1. The minimum absolute atomic E-state index is 0.145. The maximum Gasteiger partial charge on any atom is 0.337 e. The van der Waals surface area contributed by atoms with E-state index in [1.165, 1.54) is 7.11 Å². The van der Waals surface area contributed by atoms with Crippen molar-refractivity contribution in [2.75, 3.05) is 13.7 Å². The zero-order chi connectivity index (χ0) is 15.3. The number of carbonyl (C=O) groups excluding carboxylic acids is 2. The summed E-state index contributed by atoms with van der Waals surface area (Å²) in [6.07, 6.45) is 0. The van der Waals surface area contributed by atoms with Crippen molar-refractivity contribution in [3.8, 4) is 0 Å². The summed E-state index contributed by atoms with van der Waals surface area (Å²) < 4.78 is 9.95. The summed E-state index contributed by atoms with van der Waals surface area (Å²) in [4.78, 5) is 23.4. The number of hydrogen-bond acceptors (Lipinski definition) is 5. The fourth-order valence-electron chi connectivity index (χ4n) is 1.71. The lowest BCUT2D eigenvalue weighted by atomic mass is 9.98. The number of rotatable bonds is 4. The Balaban J connectivity index is 2.90. The highest BCUT2D eigenvalue weighted by atomic mass is 16.6. The number of benzene rings is 1. The maximum absolute atomic E-state index is 12.1. The normalized spacial score (nSPS) is 12.7. The number of nitrogens with two attached hydrogens (primary N) is 1. The predicted molar refractivity (Wildman–Crippen MR) is 75.4 cm³/mol. The van der Waals surface area contributed by atoms with Crippen molar-refractivity contribution in [2.45, 2.75) is 32.3 Å². The van der Waals surface area contributed by atoms with Crippen LogP contribution in [0, 0.1) is 0 Å². The SMILES string of the molecule is COC(=O)c1ccc([C@@H](CN)C(=O)OC(C)(C)C)cc1. The van der Waals surface area contributed by atoms with Crippen LogP contribution in [0.25, 0.3) is 0 Å². The Morgan fingerprint density at radius 1 is 1.20 bits per heavy atom. The highest BCUT2D eigenvalue weighted by Gasteiger charge is 2.25. The van der Waals surface area contributed by atoms with E-state index in [-0.39, 0.29) is 12.5 Å². The van der Waals surface area contributed by atoms with Gasteiger partial charge < -0.3 is 15.2 Å². The molecule has 0 aliphatic heterocycles. The van der Waals surface area contributed by atoms with Gasteiger partial charge in [0.05, 0.1) is 18.6 Å². The molecule has 1 rings (SSSR count). The van der Waals surface area contributed by atoms with E-state index in [1.807, 2.05) is 0 Å². The Kier molecular flexibility index (Phi) is 5.27. The molecule has 0 fully saturated rings. The zero-order valence-corrected chi connectivity index (χ0v) is 12.3. The molecule has 0 aliphatic rings. The molecule has 1 aromatic carbocycles. The van der Waals surface area contributed by atoms with E-state index in [0.717, 1.165) is 5.56 Å². The molecule has 0 aromatic heterocycles. The number of methoxy groups -OCH3 is 1. The molecule has 2 N–H and O–H groups in total. The van der Waals surface area contributed by atoms with Crippen LogP contribution in [0.3, 0.4) is 0 Å². The van der Waals surface area contributed by atoms with Gasteiger partial charge in [0.25, 0.3) is 0 Å². The van der Waals surface area contributed by atoms with Crippen LogP contribution in [-0.2, 0) is 14.3 Å². The molecular weight excluding hydrogens is 258 g/mol. The molecule has 0 heterocycles. The van der Waals surface area contributed by atoms with Gasteiger partial charge in [0, 0.05) is 6.54 Å². The van der Waals surface area contributed by atoms with Gasteiger partial charge in [-0.2, -0.15) is 0 Å². The first-order valence-electron chi connectivity index (χ1n) is 6.39. The van der Waals surface area contributed by atoms with Gasteiger partial charge in [-0.15, -0.1) is 0 Å². The summed E-state index contributed by atoms with van der Waals surface area (Å²) in [7, 11) is 1.32. The molecule has 0 unspecified atom stereocenters. The van der Waals surface area contributed by atoms with E-state index in [4.69, 9.17) is 10.5 Å². The van der Waals surface area contributed by atoms with Gasteiger partial charge in [-0.1, -0.05) is 12.1 Å². The summed E-state index contributed by atoms with van der Waals surface area (Å²) >= 11 is 0. The van der Waals surface area contributed by atoms with Gasteiger partial charge in [-0.25, -0.2) is 4.79 Å². The molecule has 1 aromatic rings. The second-order valence-corrected chi connectivity index (χ2v) is 5.44. The maximum atomic E-state index is 12.1.